The lowest BCUT2D eigenvalue weighted by Gasteiger charge is -2.10. The zero-order valence-electron chi connectivity index (χ0n) is 9.92. The minimum absolute atomic E-state index is 0.129. The molecule has 96 valence electrons. The number of nitrogens with one attached hydrogen (secondary N) is 1. The van der Waals surface area contributed by atoms with E-state index in [1.807, 2.05) is 16.8 Å². The third-order valence-corrected chi connectivity index (χ3v) is 4.33. The van der Waals surface area contributed by atoms with Crippen LogP contribution >= 0.6 is 22.7 Å². The molecule has 0 aliphatic heterocycles. The van der Waals surface area contributed by atoms with Gasteiger partial charge in [-0.2, -0.15) is 0 Å². The van der Waals surface area contributed by atoms with E-state index in [-0.39, 0.29) is 12.5 Å². The van der Waals surface area contributed by atoms with Crippen LogP contribution in [0.2, 0.25) is 0 Å². The third-order valence-electron chi connectivity index (χ3n) is 2.46. The van der Waals surface area contributed by atoms with Crippen molar-refractivity contribution < 1.29 is 9.90 Å². The molecule has 6 heteroatoms. The smallest absolute Gasteiger partial charge is 0.303 e. The lowest BCUT2D eigenvalue weighted by Crippen LogP contribution is -2.04. The summed E-state index contributed by atoms with van der Waals surface area (Å²) in [5.74, 6) is -0.788. The van der Waals surface area contributed by atoms with Crippen molar-refractivity contribution in [3.63, 3.8) is 0 Å². The Labute approximate surface area is 113 Å². The van der Waals surface area contributed by atoms with E-state index in [9.17, 15) is 4.79 Å². The Morgan fingerprint density at radius 2 is 2.39 bits per heavy atom. The molecule has 0 radical (unpaired) electrons. The second-order valence-electron chi connectivity index (χ2n) is 3.92. The van der Waals surface area contributed by atoms with Crippen LogP contribution in [0.5, 0.6) is 0 Å². The first-order valence-electron chi connectivity index (χ1n) is 5.61. The molecule has 0 aliphatic rings. The maximum atomic E-state index is 10.5. The highest BCUT2D eigenvalue weighted by Gasteiger charge is 2.09. The molecule has 2 N–H and O–H groups in total. The van der Waals surface area contributed by atoms with Gasteiger partial charge in [0.05, 0.1) is 18.2 Å². The van der Waals surface area contributed by atoms with Gasteiger partial charge >= 0.3 is 5.97 Å². The maximum Gasteiger partial charge on any atom is 0.303 e. The predicted octanol–water partition coefficient (Wildman–Crippen LogP) is 3.39. The standard InChI is InChI=1S/C12H14N2O2S2/c1-8(10-3-2-6-17-10)13-12-14-9(7-18-12)4-5-11(15)16/h2-3,6-8H,4-5H2,1H3,(H,13,14)(H,15,16). The van der Waals surface area contributed by atoms with E-state index >= 15 is 0 Å². The normalized spacial score (nSPS) is 12.3. The van der Waals surface area contributed by atoms with Gasteiger partial charge < -0.3 is 10.4 Å². The number of anilines is 1. The minimum atomic E-state index is -0.788. The van der Waals surface area contributed by atoms with Gasteiger partial charge in [-0.1, -0.05) is 6.07 Å². The van der Waals surface area contributed by atoms with Gasteiger partial charge in [-0.05, 0) is 18.4 Å². The molecule has 4 nitrogen and oxygen atoms in total. The minimum Gasteiger partial charge on any atom is -0.481 e. The molecule has 0 bridgehead atoms. The number of hydrogen-bond acceptors (Lipinski definition) is 5. The van der Waals surface area contributed by atoms with Crippen molar-refractivity contribution in [2.24, 2.45) is 0 Å². The first kappa shape index (κ1) is 13.0. The third kappa shape index (κ3) is 3.54. The fraction of sp³-hybridized carbons (Fsp3) is 0.333. The molecule has 0 aromatic carbocycles. The zero-order chi connectivity index (χ0) is 13.0. The van der Waals surface area contributed by atoms with E-state index in [0.717, 1.165) is 10.8 Å². The fourth-order valence-corrected chi connectivity index (χ4v) is 3.08. The van der Waals surface area contributed by atoms with E-state index in [1.54, 1.807) is 11.3 Å². The highest BCUT2D eigenvalue weighted by molar-refractivity contribution is 7.13. The van der Waals surface area contributed by atoms with Crippen LogP contribution in [-0.4, -0.2) is 16.1 Å². The number of hydrogen-bond donors (Lipinski definition) is 2. The van der Waals surface area contributed by atoms with Gasteiger partial charge in [-0.3, -0.25) is 4.79 Å². The number of aromatic nitrogens is 1. The number of thiazole rings is 1. The lowest BCUT2D eigenvalue weighted by atomic mass is 10.2. The Bertz CT molecular complexity index is 508. The van der Waals surface area contributed by atoms with Crippen LogP contribution < -0.4 is 5.32 Å². The van der Waals surface area contributed by atoms with Crippen LogP contribution in [0.1, 0.15) is 30.0 Å². The topological polar surface area (TPSA) is 62.2 Å². The van der Waals surface area contributed by atoms with E-state index in [2.05, 4.69) is 23.3 Å². The molecule has 2 aromatic heterocycles. The molecular formula is C12H14N2O2S2. The summed E-state index contributed by atoms with van der Waals surface area (Å²) in [6, 6.07) is 4.34. The largest absolute Gasteiger partial charge is 0.481 e. The SMILES string of the molecule is CC(Nc1nc(CCC(=O)O)cs1)c1cccs1. The molecule has 0 spiro atoms. The van der Waals surface area contributed by atoms with Crippen molar-refractivity contribution in [3.05, 3.63) is 33.5 Å². The highest BCUT2D eigenvalue weighted by atomic mass is 32.1. The lowest BCUT2D eigenvalue weighted by molar-refractivity contribution is -0.136. The van der Waals surface area contributed by atoms with Crippen LogP contribution in [0, 0.1) is 0 Å². The van der Waals surface area contributed by atoms with Crippen molar-refractivity contribution in [3.8, 4) is 0 Å². The van der Waals surface area contributed by atoms with Gasteiger partial charge in [0, 0.05) is 16.7 Å². The molecule has 0 fully saturated rings. The summed E-state index contributed by atoms with van der Waals surface area (Å²) in [6.45, 7) is 2.09. The molecule has 18 heavy (non-hydrogen) atoms. The Morgan fingerprint density at radius 3 is 3.06 bits per heavy atom. The summed E-state index contributed by atoms with van der Waals surface area (Å²) in [6.07, 6.45) is 0.616. The average molecular weight is 282 g/mol. The van der Waals surface area contributed by atoms with Crippen molar-refractivity contribution in [2.75, 3.05) is 5.32 Å². The summed E-state index contributed by atoms with van der Waals surface area (Å²) >= 11 is 3.22. The number of thiophene rings is 1. The Morgan fingerprint density at radius 1 is 1.56 bits per heavy atom. The van der Waals surface area contributed by atoms with Crippen LogP contribution in [0.3, 0.4) is 0 Å². The number of carbonyl (C=O) groups is 1. The molecule has 2 rings (SSSR count). The van der Waals surface area contributed by atoms with E-state index in [1.165, 1.54) is 16.2 Å². The number of aryl methyl sites for hydroxylation is 1. The van der Waals surface area contributed by atoms with Crippen molar-refractivity contribution in [1.29, 1.82) is 0 Å². The summed E-state index contributed by atoms with van der Waals surface area (Å²) in [5, 5.41) is 16.7. The monoisotopic (exact) mass is 282 g/mol. The van der Waals surface area contributed by atoms with Gasteiger partial charge in [0.15, 0.2) is 5.13 Å². The average Bonchev–Trinajstić information content (AvgIpc) is 2.97. The fourth-order valence-electron chi connectivity index (χ4n) is 1.52. The number of nitrogens with zero attached hydrogens (tertiary/aromatic N) is 1. The van der Waals surface area contributed by atoms with E-state index in [4.69, 9.17) is 5.11 Å². The Kier molecular flexibility index (Phi) is 4.33. The zero-order valence-corrected chi connectivity index (χ0v) is 11.6. The molecule has 0 saturated carbocycles. The molecule has 0 aliphatic carbocycles. The predicted molar refractivity (Wildman–Crippen MR) is 74.4 cm³/mol. The van der Waals surface area contributed by atoms with Gasteiger partial charge in [0.1, 0.15) is 0 Å². The van der Waals surface area contributed by atoms with Crippen molar-refractivity contribution in [1.82, 2.24) is 4.98 Å². The van der Waals surface area contributed by atoms with Gasteiger partial charge in [0.25, 0.3) is 0 Å². The Balaban J connectivity index is 1.92. The van der Waals surface area contributed by atoms with E-state index < -0.39 is 5.97 Å². The molecule has 0 amide bonds. The molecular weight excluding hydrogens is 268 g/mol. The maximum absolute atomic E-state index is 10.5. The van der Waals surface area contributed by atoms with Crippen LogP contribution in [0.25, 0.3) is 0 Å². The van der Waals surface area contributed by atoms with Gasteiger partial charge in [0.2, 0.25) is 0 Å². The number of aliphatic carboxylic acids is 1. The molecule has 1 unspecified atom stereocenters. The summed E-state index contributed by atoms with van der Waals surface area (Å²) in [5.41, 5.74) is 0.836. The Hall–Kier alpha value is -1.40. The van der Waals surface area contributed by atoms with Gasteiger partial charge in [-0.25, -0.2) is 4.98 Å². The second-order valence-corrected chi connectivity index (χ2v) is 5.76. The molecule has 0 saturated heterocycles. The number of carboxylic acids is 1. The number of carboxylic acid groups (broad SMARTS) is 1. The van der Waals surface area contributed by atoms with Crippen LogP contribution in [0.15, 0.2) is 22.9 Å². The second kappa shape index (κ2) is 5.97. The number of rotatable bonds is 6. The summed E-state index contributed by atoms with van der Waals surface area (Å²) in [7, 11) is 0. The van der Waals surface area contributed by atoms with Crippen molar-refractivity contribution in [2.45, 2.75) is 25.8 Å². The molecule has 1 atom stereocenters. The first-order valence-corrected chi connectivity index (χ1v) is 7.37. The first-order chi connectivity index (χ1) is 8.65. The van der Waals surface area contributed by atoms with Crippen LogP contribution in [-0.2, 0) is 11.2 Å². The van der Waals surface area contributed by atoms with Crippen LogP contribution in [0.4, 0.5) is 5.13 Å². The summed E-state index contributed by atoms with van der Waals surface area (Å²) in [4.78, 5) is 16.1. The quantitative estimate of drug-likeness (QED) is 0.852. The highest BCUT2D eigenvalue weighted by Crippen LogP contribution is 2.25. The summed E-state index contributed by atoms with van der Waals surface area (Å²) < 4.78 is 0. The molecule has 2 aromatic rings. The van der Waals surface area contributed by atoms with Crippen molar-refractivity contribution >= 4 is 33.8 Å². The van der Waals surface area contributed by atoms with Gasteiger partial charge in [-0.15, -0.1) is 22.7 Å². The van der Waals surface area contributed by atoms with E-state index in [0.29, 0.717) is 6.42 Å². The molecule has 2 heterocycles.